The van der Waals surface area contributed by atoms with Crippen LogP contribution in [-0.2, 0) is 0 Å². The maximum Gasteiger partial charge on any atom is 0.328 e. The van der Waals surface area contributed by atoms with Crippen LogP contribution in [-0.4, -0.2) is 34.1 Å². The van der Waals surface area contributed by atoms with Crippen LogP contribution < -0.4 is 4.90 Å². The van der Waals surface area contributed by atoms with Crippen molar-refractivity contribution in [3.8, 4) is 0 Å². The smallest absolute Gasteiger partial charge is 0.328 e. The molecule has 1 aliphatic heterocycles. The van der Waals surface area contributed by atoms with Crippen molar-refractivity contribution < 1.29 is 14.3 Å². The number of carbonyl (C=O) groups excluding carboxylic acids is 1. The molecule has 5 nitrogen and oxygen atoms in total. The second-order valence-electron chi connectivity index (χ2n) is 6.83. The van der Waals surface area contributed by atoms with E-state index in [1.807, 2.05) is 0 Å². The Labute approximate surface area is 157 Å². The van der Waals surface area contributed by atoms with Crippen molar-refractivity contribution in [1.29, 1.82) is 0 Å². The lowest BCUT2D eigenvalue weighted by molar-refractivity contribution is 0.147. The minimum absolute atomic E-state index is 0.258. The van der Waals surface area contributed by atoms with E-state index in [0.29, 0.717) is 23.8 Å². The van der Waals surface area contributed by atoms with Gasteiger partial charge in [0.25, 0.3) is 0 Å². The van der Waals surface area contributed by atoms with Gasteiger partial charge in [0.15, 0.2) is 11.4 Å². The molecular formula is C19H24FN3O2S. The number of carbonyl (C=O) groups is 1. The number of thiazole rings is 1. The first-order valence-electron chi connectivity index (χ1n) is 8.94. The molecule has 0 radical (unpaired) electrons. The molecule has 1 aromatic heterocycles. The van der Waals surface area contributed by atoms with Gasteiger partial charge in [-0.3, -0.25) is 0 Å². The summed E-state index contributed by atoms with van der Waals surface area (Å²) in [4.78, 5) is 21.7. The molecule has 140 valence electrons. The van der Waals surface area contributed by atoms with E-state index in [-0.39, 0.29) is 17.8 Å². The van der Waals surface area contributed by atoms with Gasteiger partial charge in [-0.1, -0.05) is 26.0 Å². The van der Waals surface area contributed by atoms with Gasteiger partial charge in [0, 0.05) is 29.7 Å². The van der Waals surface area contributed by atoms with Crippen LogP contribution in [0.2, 0.25) is 0 Å². The average Bonchev–Trinajstić information content (AvgIpc) is 3.13. The number of amides is 2. The Kier molecular flexibility index (Phi) is 5.88. The Morgan fingerprint density at radius 1 is 1.23 bits per heavy atom. The van der Waals surface area contributed by atoms with Gasteiger partial charge < -0.3 is 10.0 Å². The number of aromatic nitrogens is 1. The van der Waals surface area contributed by atoms with Crippen molar-refractivity contribution in [2.45, 2.75) is 45.3 Å². The lowest BCUT2D eigenvalue weighted by Gasteiger charge is -2.34. The molecule has 26 heavy (non-hydrogen) atoms. The van der Waals surface area contributed by atoms with Gasteiger partial charge in [-0.2, -0.15) is 0 Å². The Balaban J connectivity index is 1.94. The van der Waals surface area contributed by atoms with Gasteiger partial charge in [-0.15, -0.1) is 11.3 Å². The molecule has 1 fully saturated rings. The summed E-state index contributed by atoms with van der Waals surface area (Å²) in [6.07, 6.45) is 3.57. The topological polar surface area (TPSA) is 56.7 Å². The molecule has 2 heterocycles. The monoisotopic (exact) mass is 377 g/mol. The van der Waals surface area contributed by atoms with E-state index >= 15 is 0 Å². The number of halogens is 1. The number of likely N-dealkylation sites (tertiary alicyclic amines) is 1. The third-order valence-electron chi connectivity index (χ3n) is 4.53. The van der Waals surface area contributed by atoms with Crippen LogP contribution in [0.3, 0.4) is 0 Å². The summed E-state index contributed by atoms with van der Waals surface area (Å²) in [6, 6.07) is 5.29. The number of piperidine rings is 1. The third kappa shape index (κ3) is 4.04. The Hall–Kier alpha value is -1.99. The van der Waals surface area contributed by atoms with E-state index in [0.717, 1.165) is 24.1 Å². The third-order valence-corrected chi connectivity index (χ3v) is 5.83. The first-order valence-corrected chi connectivity index (χ1v) is 9.76. The zero-order valence-electron chi connectivity index (χ0n) is 15.1. The van der Waals surface area contributed by atoms with Crippen LogP contribution in [0.15, 0.2) is 30.5 Å². The number of rotatable bonds is 4. The molecule has 0 aliphatic carbocycles. The molecule has 1 atom stereocenters. The van der Waals surface area contributed by atoms with Gasteiger partial charge in [0.2, 0.25) is 0 Å². The highest BCUT2D eigenvalue weighted by Crippen LogP contribution is 2.33. The van der Waals surface area contributed by atoms with Crippen molar-refractivity contribution in [2.24, 2.45) is 0 Å². The normalized spacial score (nSPS) is 16.0. The second-order valence-corrected chi connectivity index (χ2v) is 7.87. The number of anilines is 1. The zero-order chi connectivity index (χ0) is 18.7. The summed E-state index contributed by atoms with van der Waals surface area (Å²) < 4.78 is 13.2. The fraction of sp³-hybridized carbons (Fsp3) is 0.474. The first-order chi connectivity index (χ1) is 12.5. The van der Waals surface area contributed by atoms with E-state index in [1.165, 1.54) is 40.5 Å². The average molecular weight is 377 g/mol. The van der Waals surface area contributed by atoms with Crippen LogP contribution in [0.5, 0.6) is 0 Å². The van der Waals surface area contributed by atoms with Crippen LogP contribution >= 0.6 is 11.3 Å². The summed E-state index contributed by atoms with van der Waals surface area (Å²) >= 11 is 1.40. The molecule has 7 heteroatoms. The van der Waals surface area contributed by atoms with E-state index in [2.05, 4.69) is 18.8 Å². The molecule has 1 N–H and O–H groups in total. The minimum Gasteiger partial charge on any atom is -0.369 e. The van der Waals surface area contributed by atoms with Gasteiger partial charge in [-0.05, 0) is 37.3 Å². The van der Waals surface area contributed by atoms with Crippen LogP contribution in [0, 0.1) is 5.82 Å². The highest BCUT2D eigenvalue weighted by atomic mass is 32.1. The van der Waals surface area contributed by atoms with Gasteiger partial charge in [-0.25, -0.2) is 19.1 Å². The van der Waals surface area contributed by atoms with Gasteiger partial charge >= 0.3 is 6.03 Å². The number of benzene rings is 1. The SMILES string of the molecule is CC(C)c1cnc(N(C(=O)N2CCCCC2)C(O)c2ccc(F)cc2)s1. The predicted molar refractivity (Wildman–Crippen MR) is 101 cm³/mol. The molecule has 2 amide bonds. The Morgan fingerprint density at radius 2 is 1.88 bits per heavy atom. The summed E-state index contributed by atoms with van der Waals surface area (Å²) in [5.41, 5.74) is 0.457. The Morgan fingerprint density at radius 3 is 2.46 bits per heavy atom. The van der Waals surface area contributed by atoms with Crippen LogP contribution in [0.25, 0.3) is 0 Å². The molecule has 1 aliphatic rings. The molecule has 0 bridgehead atoms. The summed E-state index contributed by atoms with van der Waals surface area (Å²) in [6.45, 7) is 5.47. The van der Waals surface area contributed by atoms with E-state index in [4.69, 9.17) is 0 Å². The number of aliphatic hydroxyl groups is 1. The summed E-state index contributed by atoms with van der Waals surface area (Å²) in [5.74, 6) is -0.0950. The summed E-state index contributed by atoms with van der Waals surface area (Å²) in [7, 11) is 0. The maximum atomic E-state index is 13.2. The fourth-order valence-corrected chi connectivity index (χ4v) is 3.90. The van der Waals surface area contributed by atoms with Gasteiger partial charge in [0.05, 0.1) is 0 Å². The molecule has 1 aromatic carbocycles. The highest BCUT2D eigenvalue weighted by Gasteiger charge is 2.32. The van der Waals surface area contributed by atoms with Crippen molar-refractivity contribution >= 4 is 22.5 Å². The zero-order valence-corrected chi connectivity index (χ0v) is 15.9. The fourth-order valence-electron chi connectivity index (χ4n) is 2.97. The van der Waals surface area contributed by atoms with E-state index in [9.17, 15) is 14.3 Å². The molecule has 3 rings (SSSR count). The molecule has 1 saturated heterocycles. The molecule has 0 spiro atoms. The number of aliphatic hydroxyl groups excluding tert-OH is 1. The number of hydrogen-bond donors (Lipinski definition) is 1. The number of urea groups is 1. The number of hydrogen-bond acceptors (Lipinski definition) is 4. The second kappa shape index (κ2) is 8.14. The maximum absolute atomic E-state index is 13.2. The molecule has 2 aromatic rings. The van der Waals surface area contributed by atoms with E-state index < -0.39 is 6.23 Å². The first kappa shape index (κ1) is 18.8. The quantitative estimate of drug-likeness (QED) is 0.798. The van der Waals surface area contributed by atoms with Crippen molar-refractivity contribution in [2.75, 3.05) is 18.0 Å². The molecule has 0 saturated carbocycles. The predicted octanol–water partition coefficient (Wildman–Crippen LogP) is 4.51. The molecular weight excluding hydrogens is 353 g/mol. The minimum atomic E-state index is -1.21. The van der Waals surface area contributed by atoms with Crippen molar-refractivity contribution in [1.82, 2.24) is 9.88 Å². The largest absolute Gasteiger partial charge is 0.369 e. The van der Waals surface area contributed by atoms with Crippen molar-refractivity contribution in [3.05, 3.63) is 46.7 Å². The van der Waals surface area contributed by atoms with Crippen LogP contribution in [0.1, 0.15) is 55.7 Å². The Bertz CT molecular complexity index is 741. The number of nitrogens with zero attached hydrogens (tertiary/aromatic N) is 3. The molecule has 1 unspecified atom stereocenters. The standard InChI is InChI=1S/C19H24FN3O2S/c1-13(2)16-12-21-18(26-16)23(19(25)22-10-4-3-5-11-22)17(24)14-6-8-15(20)9-7-14/h6-9,12-13,17,24H,3-5,10-11H2,1-2H3. The lowest BCUT2D eigenvalue weighted by Crippen LogP contribution is -2.47. The van der Waals surface area contributed by atoms with Gasteiger partial charge in [0.1, 0.15) is 5.82 Å². The van der Waals surface area contributed by atoms with Crippen LogP contribution in [0.4, 0.5) is 14.3 Å². The van der Waals surface area contributed by atoms with E-state index in [1.54, 1.807) is 11.1 Å². The lowest BCUT2D eigenvalue weighted by atomic mass is 10.1. The highest BCUT2D eigenvalue weighted by molar-refractivity contribution is 7.15. The van der Waals surface area contributed by atoms with Crippen molar-refractivity contribution in [3.63, 3.8) is 0 Å². The summed E-state index contributed by atoms with van der Waals surface area (Å²) in [5, 5.41) is 11.4.